The van der Waals surface area contributed by atoms with Crippen molar-refractivity contribution in [3.05, 3.63) is 30.1 Å². The van der Waals surface area contributed by atoms with E-state index in [2.05, 4.69) is 4.98 Å². The van der Waals surface area contributed by atoms with Gasteiger partial charge in [0, 0.05) is 25.0 Å². The Kier molecular flexibility index (Phi) is 4.11. The number of hydrogen-bond acceptors (Lipinski definition) is 5. The van der Waals surface area contributed by atoms with Gasteiger partial charge in [0.05, 0.1) is 13.5 Å². The van der Waals surface area contributed by atoms with Crippen LogP contribution < -0.4 is 5.73 Å². The Morgan fingerprint density at radius 3 is 2.79 bits per heavy atom. The zero-order valence-corrected chi connectivity index (χ0v) is 10.8. The summed E-state index contributed by atoms with van der Waals surface area (Å²) in [5.41, 5.74) is 6.69. The highest BCUT2D eigenvalue weighted by Crippen LogP contribution is 2.19. The minimum absolute atomic E-state index is 0.116. The summed E-state index contributed by atoms with van der Waals surface area (Å²) in [4.78, 5) is 29.3. The molecule has 1 fully saturated rings. The second-order valence-corrected chi connectivity index (χ2v) is 4.61. The Bertz CT molecular complexity index is 463. The molecule has 1 aliphatic heterocycles. The topological polar surface area (TPSA) is 85.5 Å². The number of nitrogens with two attached hydrogens (primary N) is 1. The molecule has 1 amide bonds. The smallest absolute Gasteiger partial charge is 0.328 e. The van der Waals surface area contributed by atoms with E-state index in [1.54, 1.807) is 24.5 Å². The van der Waals surface area contributed by atoms with Crippen molar-refractivity contribution in [2.75, 3.05) is 13.7 Å². The van der Waals surface area contributed by atoms with Gasteiger partial charge in [0.25, 0.3) is 0 Å². The Balaban J connectivity index is 2.07. The van der Waals surface area contributed by atoms with Crippen molar-refractivity contribution < 1.29 is 14.3 Å². The van der Waals surface area contributed by atoms with Crippen molar-refractivity contribution in [3.8, 4) is 0 Å². The Morgan fingerprint density at radius 1 is 1.47 bits per heavy atom. The molecule has 0 aromatic carbocycles. The van der Waals surface area contributed by atoms with Gasteiger partial charge < -0.3 is 15.4 Å². The molecular formula is C13H17N3O3. The standard InChI is InChI=1S/C13H17N3O3/c1-19-13(18)11-7-10(14)8-16(11)12(17)6-9-2-4-15-5-3-9/h2-5,10-11H,6-8,14H2,1H3/t10-,11-/m0/s1. The van der Waals surface area contributed by atoms with Gasteiger partial charge in [0.2, 0.25) is 5.91 Å². The number of nitrogens with zero attached hydrogens (tertiary/aromatic N) is 2. The second kappa shape index (κ2) is 5.79. The van der Waals surface area contributed by atoms with E-state index < -0.39 is 12.0 Å². The van der Waals surface area contributed by atoms with Gasteiger partial charge >= 0.3 is 5.97 Å². The molecule has 102 valence electrons. The summed E-state index contributed by atoms with van der Waals surface area (Å²) in [6.07, 6.45) is 3.96. The lowest BCUT2D eigenvalue weighted by Gasteiger charge is -2.22. The average molecular weight is 263 g/mol. The SMILES string of the molecule is COC(=O)[C@@H]1C[C@H](N)CN1C(=O)Cc1ccncc1. The lowest BCUT2D eigenvalue weighted by molar-refractivity contribution is -0.150. The first kappa shape index (κ1) is 13.5. The van der Waals surface area contributed by atoms with Crippen molar-refractivity contribution in [3.63, 3.8) is 0 Å². The third-order valence-corrected chi connectivity index (χ3v) is 3.23. The normalized spacial score (nSPS) is 22.3. The minimum atomic E-state index is -0.561. The molecule has 0 bridgehead atoms. The lowest BCUT2D eigenvalue weighted by Crippen LogP contribution is -2.42. The fourth-order valence-corrected chi connectivity index (χ4v) is 2.28. The molecule has 2 N–H and O–H groups in total. The number of hydrogen-bond donors (Lipinski definition) is 1. The van der Waals surface area contributed by atoms with E-state index in [4.69, 9.17) is 10.5 Å². The van der Waals surface area contributed by atoms with Crippen LogP contribution in [0.1, 0.15) is 12.0 Å². The van der Waals surface area contributed by atoms with Gasteiger partial charge in [-0.1, -0.05) is 0 Å². The highest BCUT2D eigenvalue weighted by Gasteiger charge is 2.38. The largest absolute Gasteiger partial charge is 0.467 e. The van der Waals surface area contributed by atoms with E-state index in [-0.39, 0.29) is 18.4 Å². The van der Waals surface area contributed by atoms with Crippen LogP contribution in [0, 0.1) is 0 Å². The number of carbonyl (C=O) groups excluding carboxylic acids is 2. The molecule has 2 heterocycles. The van der Waals surface area contributed by atoms with Crippen molar-refractivity contribution in [2.24, 2.45) is 5.73 Å². The summed E-state index contributed by atoms with van der Waals surface area (Å²) >= 11 is 0. The predicted octanol–water partition coefficient (Wildman–Crippen LogP) is -0.275. The van der Waals surface area contributed by atoms with Gasteiger partial charge in [-0.3, -0.25) is 9.78 Å². The Hall–Kier alpha value is -1.95. The number of ether oxygens (including phenoxy) is 1. The average Bonchev–Trinajstić information content (AvgIpc) is 2.81. The third kappa shape index (κ3) is 3.08. The van der Waals surface area contributed by atoms with Gasteiger partial charge in [0.1, 0.15) is 6.04 Å². The summed E-state index contributed by atoms with van der Waals surface area (Å²) in [5, 5.41) is 0. The van der Waals surface area contributed by atoms with Gasteiger partial charge in [-0.05, 0) is 24.1 Å². The van der Waals surface area contributed by atoms with Gasteiger partial charge in [0.15, 0.2) is 0 Å². The molecule has 0 saturated carbocycles. The molecule has 2 rings (SSSR count). The van der Waals surface area contributed by atoms with Crippen LogP contribution in [-0.4, -0.2) is 47.5 Å². The molecule has 0 aliphatic carbocycles. The van der Waals surface area contributed by atoms with Crippen molar-refractivity contribution in [1.82, 2.24) is 9.88 Å². The van der Waals surface area contributed by atoms with Crippen LogP contribution in [0.25, 0.3) is 0 Å². The van der Waals surface area contributed by atoms with Crippen molar-refractivity contribution in [2.45, 2.75) is 24.9 Å². The van der Waals surface area contributed by atoms with E-state index in [0.29, 0.717) is 13.0 Å². The first-order valence-electron chi connectivity index (χ1n) is 6.13. The molecule has 0 spiro atoms. The third-order valence-electron chi connectivity index (χ3n) is 3.23. The molecule has 6 heteroatoms. The Labute approximate surface area is 111 Å². The molecular weight excluding hydrogens is 246 g/mol. The predicted molar refractivity (Wildman–Crippen MR) is 68.1 cm³/mol. The van der Waals surface area contributed by atoms with E-state index in [1.807, 2.05) is 0 Å². The molecule has 0 radical (unpaired) electrons. The van der Waals surface area contributed by atoms with E-state index in [1.165, 1.54) is 12.0 Å². The van der Waals surface area contributed by atoms with E-state index >= 15 is 0 Å². The maximum absolute atomic E-state index is 12.2. The second-order valence-electron chi connectivity index (χ2n) is 4.61. The first-order chi connectivity index (χ1) is 9.11. The Morgan fingerprint density at radius 2 is 2.16 bits per heavy atom. The minimum Gasteiger partial charge on any atom is -0.467 e. The number of rotatable bonds is 3. The zero-order valence-electron chi connectivity index (χ0n) is 10.8. The summed E-state index contributed by atoms with van der Waals surface area (Å²) in [5.74, 6) is -0.523. The van der Waals surface area contributed by atoms with Crippen molar-refractivity contribution >= 4 is 11.9 Å². The van der Waals surface area contributed by atoms with Crippen LogP contribution in [-0.2, 0) is 20.7 Å². The van der Waals surface area contributed by atoms with Crippen LogP contribution in [0.3, 0.4) is 0 Å². The van der Waals surface area contributed by atoms with Crippen LogP contribution in [0.4, 0.5) is 0 Å². The highest BCUT2D eigenvalue weighted by molar-refractivity contribution is 5.86. The summed E-state index contributed by atoms with van der Waals surface area (Å²) < 4.78 is 4.71. The number of methoxy groups -OCH3 is 1. The highest BCUT2D eigenvalue weighted by atomic mass is 16.5. The molecule has 1 aromatic heterocycles. The van der Waals surface area contributed by atoms with Gasteiger partial charge in [-0.15, -0.1) is 0 Å². The molecule has 6 nitrogen and oxygen atoms in total. The van der Waals surface area contributed by atoms with Crippen LogP contribution in [0.2, 0.25) is 0 Å². The number of likely N-dealkylation sites (tertiary alicyclic amines) is 1. The van der Waals surface area contributed by atoms with Gasteiger partial charge in [-0.25, -0.2) is 4.79 Å². The van der Waals surface area contributed by atoms with Crippen LogP contribution in [0.5, 0.6) is 0 Å². The van der Waals surface area contributed by atoms with E-state index in [9.17, 15) is 9.59 Å². The number of aromatic nitrogens is 1. The molecule has 1 saturated heterocycles. The van der Waals surface area contributed by atoms with Gasteiger partial charge in [-0.2, -0.15) is 0 Å². The fourth-order valence-electron chi connectivity index (χ4n) is 2.28. The lowest BCUT2D eigenvalue weighted by atomic mass is 10.1. The number of amides is 1. The molecule has 0 unspecified atom stereocenters. The quantitative estimate of drug-likeness (QED) is 0.758. The monoisotopic (exact) mass is 263 g/mol. The molecule has 19 heavy (non-hydrogen) atoms. The first-order valence-corrected chi connectivity index (χ1v) is 6.13. The summed E-state index contributed by atoms with van der Waals surface area (Å²) in [6.45, 7) is 0.393. The summed E-state index contributed by atoms with van der Waals surface area (Å²) in [7, 11) is 1.32. The molecule has 1 aromatic rings. The number of carbonyl (C=O) groups is 2. The fraction of sp³-hybridized carbons (Fsp3) is 0.462. The number of esters is 1. The zero-order chi connectivity index (χ0) is 13.8. The van der Waals surface area contributed by atoms with Crippen LogP contribution in [0.15, 0.2) is 24.5 Å². The number of pyridine rings is 1. The van der Waals surface area contributed by atoms with Crippen molar-refractivity contribution in [1.29, 1.82) is 0 Å². The molecule has 2 atom stereocenters. The maximum atomic E-state index is 12.2. The maximum Gasteiger partial charge on any atom is 0.328 e. The molecule has 1 aliphatic rings. The summed E-state index contributed by atoms with van der Waals surface area (Å²) in [6, 6.07) is 2.82. The van der Waals surface area contributed by atoms with Crippen LogP contribution >= 0.6 is 0 Å². The van der Waals surface area contributed by atoms with E-state index in [0.717, 1.165) is 5.56 Å².